The minimum absolute atomic E-state index is 0. The summed E-state index contributed by atoms with van der Waals surface area (Å²) in [6.45, 7) is 0.572. The van der Waals surface area contributed by atoms with Crippen LogP contribution in [-0.4, -0.2) is 9.55 Å². The molecule has 1 heterocycles. The molecule has 0 aliphatic carbocycles. The molecule has 3 nitrogen and oxygen atoms in total. The second-order valence-corrected chi connectivity index (χ2v) is 3.35. The van der Waals surface area contributed by atoms with E-state index in [0.717, 1.165) is 11.5 Å². The monoisotopic (exact) mass is 313 g/mol. The first-order valence-corrected chi connectivity index (χ1v) is 4.71. The van der Waals surface area contributed by atoms with Crippen LogP contribution in [0, 0.1) is 5.82 Å². The molecule has 0 saturated heterocycles. The van der Waals surface area contributed by atoms with Crippen molar-refractivity contribution in [2.45, 2.75) is 6.54 Å². The van der Waals surface area contributed by atoms with Crippen molar-refractivity contribution < 1.29 is 4.39 Å². The number of aryl methyl sites for hydroxylation is 1. The van der Waals surface area contributed by atoms with Crippen LogP contribution in [0.15, 0.2) is 36.7 Å². The number of imidazole rings is 1. The van der Waals surface area contributed by atoms with Gasteiger partial charge in [0.1, 0.15) is 5.82 Å². The normalized spacial score (nSPS) is 8.56. The van der Waals surface area contributed by atoms with Crippen molar-refractivity contribution in [3.63, 3.8) is 0 Å². The second kappa shape index (κ2) is 9.03. The molecule has 0 aliphatic rings. The maximum absolute atomic E-state index is 12.9. The van der Waals surface area contributed by atoms with Gasteiger partial charge < -0.3 is 9.88 Å². The summed E-state index contributed by atoms with van der Waals surface area (Å²) in [7, 11) is 1.90. The molecule has 0 aliphatic heterocycles. The summed E-state index contributed by atoms with van der Waals surface area (Å²) in [5, 5.41) is 3.12. The van der Waals surface area contributed by atoms with Gasteiger partial charge in [0.25, 0.3) is 0 Å². The van der Waals surface area contributed by atoms with Gasteiger partial charge in [0.15, 0.2) is 0 Å². The molecule has 1 aromatic carbocycles. The lowest BCUT2D eigenvalue weighted by molar-refractivity contribution is 0.626. The van der Waals surface area contributed by atoms with Crippen molar-refractivity contribution in [3.8, 4) is 0 Å². The lowest BCUT2D eigenvalue weighted by atomic mass is 10.2. The predicted octanol–water partition coefficient (Wildman–Crippen LogP) is 3.44. The molecule has 0 unspecified atom stereocenters. The van der Waals surface area contributed by atoms with E-state index in [-0.39, 0.29) is 43.0 Å². The SMILES string of the molecule is Cl.Cl.Cl.Cn1ccnc1NCc1cccc(F)c1. The fraction of sp³-hybridized carbons (Fsp3) is 0.182. The molecule has 0 bridgehead atoms. The summed E-state index contributed by atoms with van der Waals surface area (Å²) < 4.78 is 14.7. The summed E-state index contributed by atoms with van der Waals surface area (Å²) in [6.07, 6.45) is 3.57. The number of nitrogens with one attached hydrogen (secondary N) is 1. The van der Waals surface area contributed by atoms with Crippen LogP contribution in [0.2, 0.25) is 0 Å². The molecule has 0 radical (unpaired) electrons. The highest BCUT2D eigenvalue weighted by Gasteiger charge is 1.98. The number of nitrogens with zero attached hydrogens (tertiary/aromatic N) is 2. The van der Waals surface area contributed by atoms with Gasteiger partial charge in [-0.25, -0.2) is 9.37 Å². The Kier molecular flexibility index (Phi) is 9.71. The number of halogens is 4. The molecule has 1 aromatic heterocycles. The first kappa shape index (κ1) is 19.4. The van der Waals surface area contributed by atoms with E-state index in [2.05, 4.69) is 10.3 Å². The number of anilines is 1. The smallest absolute Gasteiger partial charge is 0.202 e. The molecular formula is C11H15Cl3FN3. The molecule has 0 atom stereocenters. The molecule has 0 spiro atoms. The van der Waals surface area contributed by atoms with E-state index >= 15 is 0 Å². The van der Waals surface area contributed by atoms with E-state index in [1.807, 2.05) is 23.9 Å². The van der Waals surface area contributed by atoms with E-state index in [1.54, 1.807) is 12.3 Å². The average Bonchev–Trinajstić information content (AvgIpc) is 2.61. The maximum Gasteiger partial charge on any atom is 0.202 e. The maximum atomic E-state index is 12.9. The molecule has 2 aromatic rings. The van der Waals surface area contributed by atoms with E-state index in [1.165, 1.54) is 12.1 Å². The molecule has 18 heavy (non-hydrogen) atoms. The zero-order chi connectivity index (χ0) is 10.7. The Hall–Kier alpha value is -0.970. The number of hydrogen-bond acceptors (Lipinski definition) is 2. The van der Waals surface area contributed by atoms with Gasteiger partial charge in [0.2, 0.25) is 5.95 Å². The average molecular weight is 315 g/mol. The lowest BCUT2D eigenvalue weighted by Gasteiger charge is -2.05. The fourth-order valence-electron chi connectivity index (χ4n) is 1.36. The zero-order valence-electron chi connectivity index (χ0n) is 9.67. The third-order valence-electron chi connectivity index (χ3n) is 2.16. The van der Waals surface area contributed by atoms with Gasteiger partial charge in [-0.3, -0.25) is 0 Å². The van der Waals surface area contributed by atoms with Gasteiger partial charge in [0.05, 0.1) is 0 Å². The van der Waals surface area contributed by atoms with Crippen molar-refractivity contribution in [2.24, 2.45) is 7.05 Å². The van der Waals surface area contributed by atoms with E-state index in [4.69, 9.17) is 0 Å². The Morgan fingerprint density at radius 1 is 1.28 bits per heavy atom. The number of hydrogen-bond donors (Lipinski definition) is 1. The molecule has 2 rings (SSSR count). The Morgan fingerprint density at radius 3 is 2.56 bits per heavy atom. The molecule has 7 heteroatoms. The van der Waals surface area contributed by atoms with Gasteiger partial charge in [-0.15, -0.1) is 37.2 Å². The summed E-state index contributed by atoms with van der Waals surface area (Å²) in [5.74, 6) is 0.563. The van der Waals surface area contributed by atoms with Crippen molar-refractivity contribution >= 4 is 43.2 Å². The Balaban J connectivity index is 0. The topological polar surface area (TPSA) is 29.9 Å². The molecule has 102 valence electrons. The number of benzene rings is 1. The zero-order valence-corrected chi connectivity index (χ0v) is 12.1. The second-order valence-electron chi connectivity index (χ2n) is 3.35. The Labute approximate surface area is 124 Å². The quantitative estimate of drug-likeness (QED) is 0.940. The fourth-order valence-corrected chi connectivity index (χ4v) is 1.36. The third-order valence-corrected chi connectivity index (χ3v) is 2.16. The van der Waals surface area contributed by atoms with Gasteiger partial charge in [-0.05, 0) is 17.7 Å². The third kappa shape index (κ3) is 5.12. The van der Waals surface area contributed by atoms with Crippen LogP contribution in [-0.2, 0) is 13.6 Å². The molecule has 0 fully saturated rings. The largest absolute Gasteiger partial charge is 0.352 e. The standard InChI is InChI=1S/C11H12FN3.3ClH/c1-15-6-5-13-11(15)14-8-9-3-2-4-10(12)7-9;;;/h2-7H,8H2,1H3,(H,13,14);3*1H. The van der Waals surface area contributed by atoms with Crippen molar-refractivity contribution in [1.29, 1.82) is 0 Å². The Morgan fingerprint density at radius 2 is 2.00 bits per heavy atom. The summed E-state index contributed by atoms with van der Waals surface area (Å²) in [6, 6.07) is 6.52. The minimum Gasteiger partial charge on any atom is -0.352 e. The van der Waals surface area contributed by atoms with Crippen LogP contribution in [0.3, 0.4) is 0 Å². The van der Waals surface area contributed by atoms with Gasteiger partial charge in [-0.1, -0.05) is 12.1 Å². The van der Waals surface area contributed by atoms with Crippen molar-refractivity contribution in [3.05, 3.63) is 48.0 Å². The van der Waals surface area contributed by atoms with Crippen LogP contribution < -0.4 is 5.32 Å². The van der Waals surface area contributed by atoms with Crippen LogP contribution in [0.1, 0.15) is 5.56 Å². The molecule has 0 amide bonds. The molecule has 0 saturated carbocycles. The molecule has 1 N–H and O–H groups in total. The van der Waals surface area contributed by atoms with E-state index in [0.29, 0.717) is 6.54 Å². The highest BCUT2D eigenvalue weighted by Crippen LogP contribution is 2.07. The van der Waals surface area contributed by atoms with Crippen LogP contribution in [0.4, 0.5) is 10.3 Å². The summed E-state index contributed by atoms with van der Waals surface area (Å²) in [5.41, 5.74) is 0.901. The van der Waals surface area contributed by atoms with E-state index < -0.39 is 0 Å². The van der Waals surface area contributed by atoms with Crippen molar-refractivity contribution in [1.82, 2.24) is 9.55 Å². The molecular weight excluding hydrogens is 299 g/mol. The first-order chi connectivity index (χ1) is 7.25. The summed E-state index contributed by atoms with van der Waals surface area (Å²) >= 11 is 0. The van der Waals surface area contributed by atoms with Gasteiger partial charge in [-0.2, -0.15) is 0 Å². The number of aromatic nitrogens is 2. The number of rotatable bonds is 3. The Bertz CT molecular complexity index is 462. The van der Waals surface area contributed by atoms with Crippen LogP contribution in [0.25, 0.3) is 0 Å². The highest BCUT2D eigenvalue weighted by atomic mass is 35.5. The van der Waals surface area contributed by atoms with Crippen LogP contribution in [0.5, 0.6) is 0 Å². The summed E-state index contributed by atoms with van der Waals surface area (Å²) in [4.78, 5) is 4.11. The lowest BCUT2D eigenvalue weighted by Crippen LogP contribution is -2.04. The van der Waals surface area contributed by atoms with Gasteiger partial charge >= 0.3 is 0 Å². The van der Waals surface area contributed by atoms with Gasteiger partial charge in [0, 0.05) is 26.0 Å². The highest BCUT2D eigenvalue weighted by molar-refractivity contribution is 5.86. The minimum atomic E-state index is -0.214. The predicted molar refractivity (Wildman–Crippen MR) is 78.7 cm³/mol. The first-order valence-electron chi connectivity index (χ1n) is 4.71. The van der Waals surface area contributed by atoms with Crippen LogP contribution >= 0.6 is 37.2 Å². The van der Waals surface area contributed by atoms with E-state index in [9.17, 15) is 4.39 Å². The van der Waals surface area contributed by atoms with Crippen molar-refractivity contribution in [2.75, 3.05) is 5.32 Å².